The van der Waals surface area contributed by atoms with E-state index in [1.807, 2.05) is 4.98 Å². The molecular formula is C8H4N4O3. The number of nitrogens with one attached hydrogen (secondary N) is 3. The molecule has 74 valence electrons. The number of pyridine rings is 1. The summed E-state index contributed by atoms with van der Waals surface area (Å²) < 4.78 is 0. The van der Waals surface area contributed by atoms with E-state index >= 15 is 0 Å². The highest BCUT2D eigenvalue weighted by atomic mass is 16.2. The smallest absolute Gasteiger partial charge is 0.326 e. The Hall–Kier alpha value is -2.62. The maximum atomic E-state index is 11.5. The molecule has 2 heterocycles. The number of nitrogens with zero attached hydrogens (tertiary/aromatic N) is 1. The highest BCUT2D eigenvalue weighted by Crippen LogP contribution is 1.95. The maximum absolute atomic E-state index is 11.5. The number of nitriles is 1. The molecule has 0 aromatic carbocycles. The number of rotatable bonds is 0. The van der Waals surface area contributed by atoms with Crippen LogP contribution in [0.5, 0.6) is 0 Å². The lowest BCUT2D eigenvalue weighted by atomic mass is 10.2. The van der Waals surface area contributed by atoms with Gasteiger partial charge in [-0.25, -0.2) is 4.79 Å². The van der Waals surface area contributed by atoms with Gasteiger partial charge in [0.1, 0.15) is 22.7 Å². The molecule has 0 spiro atoms. The number of aromatic amines is 3. The van der Waals surface area contributed by atoms with Crippen molar-refractivity contribution in [1.82, 2.24) is 15.0 Å². The molecule has 0 atom stereocenters. The van der Waals surface area contributed by atoms with Gasteiger partial charge < -0.3 is 9.97 Å². The first-order valence-corrected chi connectivity index (χ1v) is 3.91. The summed E-state index contributed by atoms with van der Waals surface area (Å²) >= 11 is 0. The molecule has 15 heavy (non-hydrogen) atoms. The molecule has 2 aromatic heterocycles. The van der Waals surface area contributed by atoms with Crippen LogP contribution in [0.2, 0.25) is 0 Å². The molecule has 2 aromatic rings. The molecule has 0 aliphatic rings. The number of hydrogen-bond acceptors (Lipinski definition) is 4. The third-order valence-electron chi connectivity index (χ3n) is 1.90. The van der Waals surface area contributed by atoms with E-state index in [0.29, 0.717) is 0 Å². The SMILES string of the molecule is N#Cc1c[nH]c2c(=O)[nH]c(=O)[nH]c2c1=O. The van der Waals surface area contributed by atoms with Gasteiger partial charge in [-0.1, -0.05) is 0 Å². The Morgan fingerprint density at radius 2 is 1.87 bits per heavy atom. The topological polar surface area (TPSA) is 122 Å². The normalized spacial score (nSPS) is 10.1. The molecule has 0 unspecified atom stereocenters. The monoisotopic (exact) mass is 204 g/mol. The van der Waals surface area contributed by atoms with Gasteiger partial charge in [0.05, 0.1) is 0 Å². The quantitative estimate of drug-likeness (QED) is 0.497. The van der Waals surface area contributed by atoms with Crippen molar-refractivity contribution in [3.05, 3.63) is 42.8 Å². The van der Waals surface area contributed by atoms with Gasteiger partial charge in [-0.2, -0.15) is 5.26 Å². The molecular weight excluding hydrogens is 200 g/mol. The van der Waals surface area contributed by atoms with E-state index in [0.717, 1.165) is 6.20 Å². The first-order valence-electron chi connectivity index (χ1n) is 3.91. The van der Waals surface area contributed by atoms with E-state index < -0.39 is 16.7 Å². The van der Waals surface area contributed by atoms with E-state index in [4.69, 9.17) is 5.26 Å². The molecule has 7 nitrogen and oxygen atoms in total. The predicted octanol–water partition coefficient (Wildman–Crippen LogP) is -1.22. The van der Waals surface area contributed by atoms with Gasteiger partial charge in [0.15, 0.2) is 0 Å². The predicted molar refractivity (Wildman–Crippen MR) is 50.5 cm³/mol. The van der Waals surface area contributed by atoms with E-state index in [-0.39, 0.29) is 16.6 Å². The van der Waals surface area contributed by atoms with E-state index in [2.05, 4.69) is 9.97 Å². The highest BCUT2D eigenvalue weighted by molar-refractivity contribution is 5.73. The van der Waals surface area contributed by atoms with Crippen LogP contribution in [-0.2, 0) is 0 Å². The molecule has 2 rings (SSSR count). The van der Waals surface area contributed by atoms with Gasteiger partial charge in [-0.15, -0.1) is 0 Å². The highest BCUT2D eigenvalue weighted by Gasteiger charge is 2.07. The summed E-state index contributed by atoms with van der Waals surface area (Å²) in [6.45, 7) is 0. The van der Waals surface area contributed by atoms with Gasteiger partial charge in [-0.3, -0.25) is 14.6 Å². The zero-order chi connectivity index (χ0) is 11.0. The van der Waals surface area contributed by atoms with E-state index in [1.165, 1.54) is 0 Å². The Kier molecular flexibility index (Phi) is 1.76. The van der Waals surface area contributed by atoms with Gasteiger partial charge in [0, 0.05) is 6.20 Å². The van der Waals surface area contributed by atoms with Crippen LogP contribution in [-0.4, -0.2) is 15.0 Å². The summed E-state index contributed by atoms with van der Waals surface area (Å²) in [5, 5.41) is 8.57. The second-order valence-corrected chi connectivity index (χ2v) is 2.80. The van der Waals surface area contributed by atoms with Crippen molar-refractivity contribution in [2.45, 2.75) is 0 Å². The fraction of sp³-hybridized carbons (Fsp3) is 0. The number of hydrogen-bond donors (Lipinski definition) is 3. The van der Waals surface area contributed by atoms with Gasteiger partial charge in [0.2, 0.25) is 5.43 Å². The van der Waals surface area contributed by atoms with Gasteiger partial charge in [-0.05, 0) is 0 Å². The third-order valence-corrected chi connectivity index (χ3v) is 1.90. The second kappa shape index (κ2) is 2.95. The second-order valence-electron chi connectivity index (χ2n) is 2.80. The number of aromatic nitrogens is 3. The van der Waals surface area contributed by atoms with Crippen LogP contribution in [0.1, 0.15) is 5.56 Å². The Morgan fingerprint density at radius 1 is 1.13 bits per heavy atom. The van der Waals surface area contributed by atoms with Crippen LogP contribution >= 0.6 is 0 Å². The molecule has 0 amide bonds. The summed E-state index contributed by atoms with van der Waals surface area (Å²) in [4.78, 5) is 40.2. The molecule has 3 N–H and O–H groups in total. The van der Waals surface area contributed by atoms with Crippen LogP contribution in [0.4, 0.5) is 0 Å². The minimum atomic E-state index is -0.784. The molecule has 7 heteroatoms. The summed E-state index contributed by atoms with van der Waals surface area (Å²) in [6, 6.07) is 1.65. The maximum Gasteiger partial charge on any atom is 0.326 e. The first-order chi connectivity index (χ1) is 7.13. The van der Waals surface area contributed by atoms with E-state index in [1.54, 1.807) is 6.07 Å². The molecule has 0 bridgehead atoms. The molecule has 0 aliphatic heterocycles. The first kappa shape index (κ1) is 8.96. The van der Waals surface area contributed by atoms with Crippen LogP contribution in [0.25, 0.3) is 11.0 Å². The van der Waals surface area contributed by atoms with Crippen molar-refractivity contribution >= 4 is 11.0 Å². The standard InChI is InChI=1S/C8H4N4O3/c9-1-3-2-10-5-4(6(3)13)11-8(15)12-7(5)14/h2H,(H,10,13)(H2,11,12,14,15). The third kappa shape index (κ3) is 1.24. The minimum absolute atomic E-state index is 0.0569. The number of fused-ring (bicyclic) bond motifs is 1. The van der Waals surface area contributed by atoms with Crippen molar-refractivity contribution in [2.24, 2.45) is 0 Å². The van der Waals surface area contributed by atoms with E-state index in [9.17, 15) is 14.4 Å². The largest absolute Gasteiger partial charge is 0.354 e. The lowest BCUT2D eigenvalue weighted by Crippen LogP contribution is -2.26. The Morgan fingerprint density at radius 3 is 2.53 bits per heavy atom. The van der Waals surface area contributed by atoms with Crippen LogP contribution in [0, 0.1) is 11.3 Å². The van der Waals surface area contributed by atoms with Gasteiger partial charge in [0.25, 0.3) is 5.56 Å². The van der Waals surface area contributed by atoms with Crippen LogP contribution < -0.4 is 16.7 Å². The van der Waals surface area contributed by atoms with Crippen molar-refractivity contribution < 1.29 is 0 Å². The molecule has 0 saturated heterocycles. The van der Waals surface area contributed by atoms with Crippen molar-refractivity contribution in [1.29, 1.82) is 5.26 Å². The summed E-state index contributed by atoms with van der Waals surface area (Å²) in [5.74, 6) is 0. The summed E-state index contributed by atoms with van der Waals surface area (Å²) in [6.07, 6.45) is 1.12. The molecule has 0 saturated carbocycles. The Balaban J connectivity index is 3.15. The van der Waals surface area contributed by atoms with Crippen molar-refractivity contribution in [3.63, 3.8) is 0 Å². The van der Waals surface area contributed by atoms with Crippen molar-refractivity contribution in [2.75, 3.05) is 0 Å². The summed E-state index contributed by atoms with van der Waals surface area (Å²) in [7, 11) is 0. The molecule has 0 aliphatic carbocycles. The zero-order valence-electron chi connectivity index (χ0n) is 7.25. The molecule has 0 radical (unpaired) electrons. The van der Waals surface area contributed by atoms with Crippen molar-refractivity contribution in [3.8, 4) is 6.07 Å². The average molecular weight is 204 g/mol. The fourth-order valence-electron chi connectivity index (χ4n) is 1.22. The fourth-order valence-corrected chi connectivity index (χ4v) is 1.22. The molecule has 0 fully saturated rings. The summed E-state index contributed by atoms with van der Waals surface area (Å²) in [5.41, 5.74) is -2.57. The van der Waals surface area contributed by atoms with Gasteiger partial charge >= 0.3 is 5.69 Å². The zero-order valence-corrected chi connectivity index (χ0v) is 7.25. The lowest BCUT2D eigenvalue weighted by molar-refractivity contribution is 1.06. The van der Waals surface area contributed by atoms with Crippen LogP contribution in [0.3, 0.4) is 0 Å². The average Bonchev–Trinajstić information content (AvgIpc) is 2.19. The Bertz CT molecular complexity index is 743. The minimum Gasteiger partial charge on any atom is -0.354 e. The Labute approximate surface area is 81.0 Å². The lowest BCUT2D eigenvalue weighted by Gasteiger charge is -1.95. The number of H-pyrrole nitrogens is 3. The van der Waals surface area contributed by atoms with Crippen LogP contribution in [0.15, 0.2) is 20.6 Å².